The zero-order chi connectivity index (χ0) is 17.0. The van der Waals surface area contributed by atoms with E-state index in [2.05, 4.69) is 0 Å². The molecule has 6 nitrogen and oxygen atoms in total. The summed E-state index contributed by atoms with van der Waals surface area (Å²) in [6.07, 6.45) is 1.47. The molecule has 0 unspecified atom stereocenters. The molecule has 0 aliphatic rings. The summed E-state index contributed by atoms with van der Waals surface area (Å²) in [4.78, 5) is 11.6. The molecular weight excluding hydrogens is 298 g/mol. The summed E-state index contributed by atoms with van der Waals surface area (Å²) in [5.74, 6) is -0.840. The summed E-state index contributed by atoms with van der Waals surface area (Å²) in [7, 11) is 2.81. The highest BCUT2D eigenvalue weighted by Crippen LogP contribution is 2.38. The number of rotatable bonds is 5. The second-order valence-corrected chi connectivity index (χ2v) is 4.76. The second-order valence-electron chi connectivity index (χ2n) is 4.76. The SMILES string of the molecule is COc1cc(/C=C(\C(=O)O)c2ccc(N)cc2)cc(OC)c1O. The zero-order valence-electron chi connectivity index (χ0n) is 12.7. The first-order valence-corrected chi connectivity index (χ1v) is 6.72. The highest BCUT2D eigenvalue weighted by molar-refractivity contribution is 6.20. The van der Waals surface area contributed by atoms with E-state index in [1.807, 2.05) is 0 Å². The number of hydrogen-bond donors (Lipinski definition) is 3. The van der Waals surface area contributed by atoms with Gasteiger partial charge in [0.15, 0.2) is 11.5 Å². The molecule has 0 aliphatic carbocycles. The molecule has 0 aromatic heterocycles. The molecule has 2 aromatic rings. The monoisotopic (exact) mass is 315 g/mol. The van der Waals surface area contributed by atoms with Crippen molar-refractivity contribution in [3.8, 4) is 17.2 Å². The van der Waals surface area contributed by atoms with Crippen LogP contribution in [0.2, 0.25) is 0 Å². The van der Waals surface area contributed by atoms with Crippen molar-refractivity contribution in [1.29, 1.82) is 0 Å². The molecule has 0 saturated carbocycles. The first-order chi connectivity index (χ1) is 11.0. The van der Waals surface area contributed by atoms with E-state index in [1.54, 1.807) is 24.3 Å². The average molecular weight is 315 g/mol. The number of hydrogen-bond acceptors (Lipinski definition) is 5. The number of carboxylic acids is 1. The number of phenolic OH excluding ortho intramolecular Hbond substituents is 1. The number of aromatic hydroxyl groups is 1. The van der Waals surface area contributed by atoms with E-state index in [1.165, 1.54) is 32.4 Å². The first kappa shape index (κ1) is 16.2. The molecule has 0 aliphatic heterocycles. The Balaban J connectivity index is 2.56. The predicted molar refractivity (Wildman–Crippen MR) is 87.6 cm³/mol. The number of carbonyl (C=O) groups is 1. The molecule has 2 aromatic carbocycles. The number of anilines is 1. The number of methoxy groups -OCH3 is 2. The minimum absolute atomic E-state index is 0.0831. The molecule has 23 heavy (non-hydrogen) atoms. The van der Waals surface area contributed by atoms with Crippen LogP contribution in [0.25, 0.3) is 11.6 Å². The second kappa shape index (κ2) is 6.74. The van der Waals surface area contributed by atoms with Crippen molar-refractivity contribution in [2.45, 2.75) is 0 Å². The Morgan fingerprint density at radius 1 is 1.09 bits per heavy atom. The summed E-state index contributed by atoms with van der Waals surface area (Å²) in [5, 5.41) is 19.4. The number of carboxylic acid groups (broad SMARTS) is 1. The lowest BCUT2D eigenvalue weighted by Crippen LogP contribution is -2.00. The molecular formula is C17H17NO5. The van der Waals surface area contributed by atoms with Gasteiger partial charge in [0.25, 0.3) is 0 Å². The molecule has 0 spiro atoms. The molecule has 6 heteroatoms. The smallest absolute Gasteiger partial charge is 0.336 e. The van der Waals surface area contributed by atoms with Gasteiger partial charge in [-0.05, 0) is 41.5 Å². The van der Waals surface area contributed by atoms with Gasteiger partial charge in [0.05, 0.1) is 19.8 Å². The first-order valence-electron chi connectivity index (χ1n) is 6.72. The van der Waals surface area contributed by atoms with Crippen molar-refractivity contribution >= 4 is 23.3 Å². The fourth-order valence-corrected chi connectivity index (χ4v) is 2.09. The van der Waals surface area contributed by atoms with Crippen LogP contribution >= 0.6 is 0 Å². The van der Waals surface area contributed by atoms with Gasteiger partial charge in [0.1, 0.15) is 0 Å². The Bertz CT molecular complexity index is 725. The molecule has 0 fully saturated rings. The Morgan fingerprint density at radius 2 is 1.61 bits per heavy atom. The van der Waals surface area contributed by atoms with E-state index in [0.717, 1.165) is 0 Å². The van der Waals surface area contributed by atoms with E-state index >= 15 is 0 Å². The molecule has 0 amide bonds. The maximum Gasteiger partial charge on any atom is 0.336 e. The molecule has 2 rings (SSSR count). The van der Waals surface area contributed by atoms with Crippen LogP contribution < -0.4 is 15.2 Å². The van der Waals surface area contributed by atoms with Crippen LogP contribution in [0, 0.1) is 0 Å². The fraction of sp³-hybridized carbons (Fsp3) is 0.118. The minimum atomic E-state index is -1.08. The van der Waals surface area contributed by atoms with E-state index in [4.69, 9.17) is 15.2 Å². The van der Waals surface area contributed by atoms with Gasteiger partial charge in [-0.2, -0.15) is 0 Å². The maximum absolute atomic E-state index is 11.6. The number of aliphatic carboxylic acids is 1. The Hall–Kier alpha value is -3.15. The van der Waals surface area contributed by atoms with E-state index in [-0.39, 0.29) is 22.8 Å². The third kappa shape index (κ3) is 3.55. The van der Waals surface area contributed by atoms with E-state index in [9.17, 15) is 15.0 Å². The summed E-state index contributed by atoms with van der Waals surface area (Å²) in [5.41, 5.74) is 7.28. The van der Waals surface area contributed by atoms with Crippen molar-refractivity contribution in [3.63, 3.8) is 0 Å². The Morgan fingerprint density at radius 3 is 2.04 bits per heavy atom. The van der Waals surface area contributed by atoms with Gasteiger partial charge in [0, 0.05) is 5.69 Å². The number of nitrogen functional groups attached to an aromatic ring is 1. The standard InChI is InChI=1S/C17H17NO5/c1-22-14-8-10(9-15(23-2)16(14)19)7-13(17(20)21)11-3-5-12(18)6-4-11/h3-9,19H,18H2,1-2H3,(H,20,21)/b13-7-. The molecule has 0 heterocycles. The molecule has 0 atom stereocenters. The molecule has 0 saturated heterocycles. The van der Waals surface area contributed by atoms with Crippen molar-refractivity contribution in [2.24, 2.45) is 0 Å². The van der Waals surface area contributed by atoms with Gasteiger partial charge in [-0.15, -0.1) is 0 Å². The maximum atomic E-state index is 11.6. The number of phenols is 1. The molecule has 0 radical (unpaired) electrons. The largest absolute Gasteiger partial charge is 0.502 e. The van der Waals surface area contributed by atoms with Crippen LogP contribution in [0.1, 0.15) is 11.1 Å². The number of ether oxygens (including phenoxy) is 2. The van der Waals surface area contributed by atoms with Gasteiger partial charge < -0.3 is 25.4 Å². The van der Waals surface area contributed by atoms with Crippen LogP contribution in [0.3, 0.4) is 0 Å². The van der Waals surface area contributed by atoms with Gasteiger partial charge in [-0.1, -0.05) is 12.1 Å². The topological polar surface area (TPSA) is 102 Å². The lowest BCUT2D eigenvalue weighted by Gasteiger charge is -2.10. The van der Waals surface area contributed by atoms with E-state index in [0.29, 0.717) is 16.8 Å². The van der Waals surface area contributed by atoms with Gasteiger partial charge in [-0.25, -0.2) is 4.79 Å². The fourth-order valence-electron chi connectivity index (χ4n) is 2.09. The van der Waals surface area contributed by atoms with Gasteiger partial charge in [0.2, 0.25) is 5.75 Å². The average Bonchev–Trinajstić information content (AvgIpc) is 2.54. The summed E-state index contributed by atoms with van der Waals surface area (Å²) in [6.45, 7) is 0. The van der Waals surface area contributed by atoms with Crippen LogP contribution in [-0.2, 0) is 4.79 Å². The van der Waals surface area contributed by atoms with Gasteiger partial charge >= 0.3 is 5.97 Å². The number of nitrogens with two attached hydrogens (primary N) is 1. The predicted octanol–water partition coefficient (Wildman–Crippen LogP) is 2.62. The normalized spacial score (nSPS) is 11.1. The third-order valence-corrected chi connectivity index (χ3v) is 3.27. The lowest BCUT2D eigenvalue weighted by molar-refractivity contribution is -0.130. The van der Waals surface area contributed by atoms with Crippen LogP contribution in [0.4, 0.5) is 5.69 Å². The van der Waals surface area contributed by atoms with Crippen molar-refractivity contribution in [3.05, 3.63) is 47.5 Å². The molecule has 120 valence electrons. The quantitative estimate of drug-likeness (QED) is 0.445. The molecule has 4 N–H and O–H groups in total. The summed E-state index contributed by atoms with van der Waals surface area (Å²) >= 11 is 0. The highest BCUT2D eigenvalue weighted by atomic mass is 16.5. The van der Waals surface area contributed by atoms with Crippen LogP contribution in [0.15, 0.2) is 36.4 Å². The summed E-state index contributed by atoms with van der Waals surface area (Å²) in [6, 6.07) is 9.57. The van der Waals surface area contributed by atoms with Crippen molar-refractivity contribution in [2.75, 3.05) is 20.0 Å². The zero-order valence-corrected chi connectivity index (χ0v) is 12.7. The van der Waals surface area contributed by atoms with Crippen molar-refractivity contribution < 1.29 is 24.5 Å². The minimum Gasteiger partial charge on any atom is -0.502 e. The lowest BCUT2D eigenvalue weighted by atomic mass is 10.0. The summed E-state index contributed by atoms with van der Waals surface area (Å²) < 4.78 is 10.1. The van der Waals surface area contributed by atoms with Gasteiger partial charge in [-0.3, -0.25) is 0 Å². The highest BCUT2D eigenvalue weighted by Gasteiger charge is 2.14. The molecule has 0 bridgehead atoms. The van der Waals surface area contributed by atoms with Crippen LogP contribution in [-0.4, -0.2) is 30.4 Å². The number of benzene rings is 2. The Labute approximate surface area is 133 Å². The van der Waals surface area contributed by atoms with E-state index < -0.39 is 5.97 Å². The van der Waals surface area contributed by atoms with Crippen LogP contribution in [0.5, 0.6) is 17.2 Å². The Kier molecular flexibility index (Phi) is 4.75. The third-order valence-electron chi connectivity index (χ3n) is 3.27. The van der Waals surface area contributed by atoms with Crippen molar-refractivity contribution in [1.82, 2.24) is 0 Å².